The van der Waals surface area contributed by atoms with Crippen LogP contribution >= 0.6 is 0 Å². The second-order valence-electron chi connectivity index (χ2n) is 24.4. The van der Waals surface area contributed by atoms with E-state index in [9.17, 15) is 43.8 Å². The summed E-state index contributed by atoms with van der Waals surface area (Å²) in [5.74, 6) is -0.278. The van der Waals surface area contributed by atoms with E-state index < -0.39 is 34.6 Å². The van der Waals surface area contributed by atoms with E-state index in [4.69, 9.17) is 9.47 Å². The number of amides is 5. The van der Waals surface area contributed by atoms with Crippen LogP contribution in [0, 0.1) is 0 Å². The molecule has 0 radical (unpaired) electrons. The molecule has 6 heterocycles. The Kier molecular flexibility index (Phi) is 29.3. The Morgan fingerprint density at radius 1 is 0.580 bits per heavy atom. The molecule has 0 spiro atoms. The lowest BCUT2D eigenvalue weighted by Gasteiger charge is -2.38. The van der Waals surface area contributed by atoms with Crippen LogP contribution in [-0.4, -0.2) is 223 Å². The summed E-state index contributed by atoms with van der Waals surface area (Å²) in [6.07, 6.45) is 4.08. The maximum absolute atomic E-state index is 13.2. The van der Waals surface area contributed by atoms with Crippen LogP contribution in [0.5, 0.6) is 0 Å². The van der Waals surface area contributed by atoms with Gasteiger partial charge in [0, 0.05) is 200 Å². The first-order valence-electron chi connectivity index (χ1n) is 29.1. The molecule has 4 aromatic rings. The molecule has 31 heteroatoms. The van der Waals surface area contributed by atoms with Crippen molar-refractivity contribution in [2.24, 2.45) is 0 Å². The van der Waals surface area contributed by atoms with Crippen LogP contribution in [0.2, 0.25) is 0 Å². The predicted octanol–water partition coefficient (Wildman–Crippen LogP) is 2.96. The van der Waals surface area contributed by atoms with Gasteiger partial charge in [-0.1, -0.05) is 0 Å². The fourth-order valence-electron chi connectivity index (χ4n) is 10.1. The predicted molar refractivity (Wildman–Crippen MR) is 360 cm³/mol. The highest BCUT2D eigenvalue weighted by Crippen LogP contribution is 2.27. The summed E-state index contributed by atoms with van der Waals surface area (Å²) in [6.45, 7) is 21.7. The minimum atomic E-state index is -1.16. The van der Waals surface area contributed by atoms with E-state index in [-0.39, 0.29) is 54.9 Å². The van der Waals surface area contributed by atoms with Crippen LogP contribution < -0.4 is 27.1 Å². The first-order valence-corrected chi connectivity index (χ1v) is 35.8. The molecule has 0 atom stereocenters. The van der Waals surface area contributed by atoms with Crippen LogP contribution in [0.25, 0.3) is 21.8 Å². The smallest absolute Gasteiger partial charge is 0.410 e. The molecule has 4 aliphatic heterocycles. The number of aromatic nitrogens is 4. The number of carbonyl (C=O) groups is 5. The Balaban J connectivity index is 0.000000292. The van der Waals surface area contributed by atoms with Crippen molar-refractivity contribution in [1.29, 1.82) is 0 Å². The number of ether oxygens (including phenoxy) is 2. The maximum Gasteiger partial charge on any atom is 0.410 e. The second-order valence-corrected chi connectivity index (χ2v) is 29.7. The van der Waals surface area contributed by atoms with Crippen molar-refractivity contribution in [1.82, 2.24) is 53.8 Å². The summed E-state index contributed by atoms with van der Waals surface area (Å²) in [5.41, 5.74) is -1.90. The number of nitrogens with zero attached hydrogens (tertiary/aromatic N) is 10. The molecule has 0 unspecified atom stereocenters. The number of nitrogens with one attached hydrogen (secondary N) is 3. The van der Waals surface area contributed by atoms with E-state index >= 15 is 0 Å². The number of benzene rings is 2. The number of likely N-dealkylation sites (N-methyl/N-ethyl adjacent to an activating group) is 2. The number of hydrogen-bond acceptors (Lipinski definition) is 21. The molecule has 0 saturated carbocycles. The number of anilines is 2. The summed E-state index contributed by atoms with van der Waals surface area (Å²) in [5, 5.41) is 31.6. The molecule has 5 amide bonds. The van der Waals surface area contributed by atoms with Crippen LogP contribution in [0.1, 0.15) is 86.5 Å². The van der Waals surface area contributed by atoms with Crippen LogP contribution in [0.4, 0.5) is 21.0 Å². The number of fused-ring (bicyclic) bond motifs is 2. The maximum atomic E-state index is 13.2. The second kappa shape index (κ2) is 35.0. The Morgan fingerprint density at radius 2 is 0.966 bits per heavy atom. The average molecular weight is 1350 g/mol. The van der Waals surface area contributed by atoms with Gasteiger partial charge < -0.3 is 65.0 Å². The van der Waals surface area contributed by atoms with Crippen molar-refractivity contribution < 1.29 is 43.7 Å². The third-order valence-electron chi connectivity index (χ3n) is 15.1. The van der Waals surface area contributed by atoms with Gasteiger partial charge in [0.25, 0.3) is 11.1 Å². The summed E-state index contributed by atoms with van der Waals surface area (Å²) >= 11 is 16.9. The third kappa shape index (κ3) is 25.0. The highest BCUT2D eigenvalue weighted by atomic mass is 33.2. The average Bonchev–Trinajstić information content (AvgIpc) is 1.75. The standard InChI is InChI=1S/C30H45N7O6.C27H40N6O5.S4.S3/c1-29(2,3)43-28(41)31-11-7-26(39)36-13-9-30(42,10-14-36)20-37-21-32-24-19-22(5-6-23(24)27(37)40)33-25(38)8-12-35-17-15-34(4)16-18-35;1-26(2,3)38-25(36)32-11-8-27(37,9-12-32)18-33-19-28-22-17-20(5-6-21(22)24(33)35)29-23(34)7-10-31-15-13-30(4)14-16-31;1-3-4-2;1-3-2/h5-6,19,21,42H,7-18,20H2,1-4H3,(H,31,41)(H,33,38);5-6,17,19,37H,7-16,18H2,1-4H3,(H,29,34);;. The quantitative estimate of drug-likeness (QED) is 0.115. The van der Waals surface area contributed by atoms with Gasteiger partial charge in [0.05, 0.1) is 58.8 Å². The largest absolute Gasteiger partial charge is 0.444 e. The Hall–Kier alpha value is -5.03. The fraction of sp³-hybridized carbons (Fsp3) is 0.632. The van der Waals surface area contributed by atoms with Crippen LogP contribution in [0.15, 0.2) is 58.6 Å². The lowest BCUT2D eigenvalue weighted by Crippen LogP contribution is -2.50. The molecule has 486 valence electrons. The highest BCUT2D eigenvalue weighted by molar-refractivity contribution is 8.51. The van der Waals surface area contributed by atoms with Gasteiger partial charge >= 0.3 is 12.2 Å². The van der Waals surface area contributed by atoms with Gasteiger partial charge in [0.1, 0.15) is 11.2 Å². The molecule has 2 aromatic heterocycles. The molecule has 2 aromatic carbocycles. The fourth-order valence-corrected chi connectivity index (χ4v) is 10.1. The van der Waals surface area contributed by atoms with Crippen molar-refractivity contribution in [3.8, 4) is 0 Å². The zero-order valence-corrected chi connectivity index (χ0v) is 57.2. The minimum absolute atomic E-state index is 0.0573. The summed E-state index contributed by atoms with van der Waals surface area (Å²) < 4.78 is 13.4. The lowest BCUT2D eigenvalue weighted by atomic mass is 9.91. The molecule has 0 bridgehead atoms. The minimum Gasteiger partial charge on any atom is -0.444 e. The number of likely N-dealkylation sites (tertiary alicyclic amines) is 2. The van der Waals surface area contributed by atoms with Crippen LogP contribution in [-0.2, 0) is 108 Å². The van der Waals surface area contributed by atoms with E-state index in [1.165, 1.54) is 39.5 Å². The first kappa shape index (κ1) is 73.7. The molecule has 5 N–H and O–H groups in total. The summed E-state index contributed by atoms with van der Waals surface area (Å²) in [4.78, 5) is 109. The van der Waals surface area contributed by atoms with Crippen molar-refractivity contribution in [3.63, 3.8) is 0 Å². The van der Waals surface area contributed by atoms with Crippen molar-refractivity contribution in [3.05, 3.63) is 69.8 Å². The zero-order chi connectivity index (χ0) is 64.8. The molecule has 4 fully saturated rings. The SMILES string of the molecule is CN1CCN(CCC(=O)Nc2ccc3c(=O)n(CC4(O)CCN(C(=O)CCNC(=O)OC(C)(C)C)CC4)cnc3c2)CC1.CN1CCN(CCC(=O)Nc2ccc3c(=O)n(CC4(O)CCN(C(=O)OC(C)(C)C)CC4)cnc3c2)CC1.S=S=S.S=S=S=S. The van der Waals surface area contributed by atoms with Gasteiger partial charge in [-0.05, 0) is 118 Å². The van der Waals surface area contributed by atoms with E-state index in [1.54, 1.807) is 67.0 Å². The Morgan fingerprint density at radius 3 is 1.34 bits per heavy atom. The summed E-state index contributed by atoms with van der Waals surface area (Å²) in [7, 11) is 7.46. The molecule has 8 rings (SSSR count). The molecule has 4 aliphatic rings. The highest BCUT2D eigenvalue weighted by Gasteiger charge is 2.37. The number of hydrogen-bond donors (Lipinski definition) is 5. The normalized spacial score (nSPS) is 17.3. The number of carbonyl (C=O) groups excluding carboxylic acids is 5. The third-order valence-corrected chi connectivity index (χ3v) is 17.3. The molecule has 24 nitrogen and oxygen atoms in total. The van der Waals surface area contributed by atoms with E-state index in [0.717, 1.165) is 61.2 Å². The molecular formula is C57H85N13O11S7. The molecular weight excluding hydrogens is 1270 g/mol. The number of alkyl carbamates (subject to hydrolysis) is 1. The van der Waals surface area contributed by atoms with Crippen LogP contribution in [0.3, 0.4) is 0 Å². The van der Waals surface area contributed by atoms with E-state index in [1.807, 2.05) is 20.8 Å². The zero-order valence-electron chi connectivity index (χ0n) is 51.5. The summed E-state index contributed by atoms with van der Waals surface area (Å²) in [6, 6.07) is 10.1. The molecule has 88 heavy (non-hydrogen) atoms. The van der Waals surface area contributed by atoms with Gasteiger partial charge in [-0.25, -0.2) is 19.6 Å². The van der Waals surface area contributed by atoms with Crippen molar-refractivity contribution in [2.75, 3.05) is 123 Å². The van der Waals surface area contributed by atoms with Gasteiger partial charge in [0.15, 0.2) is 0 Å². The van der Waals surface area contributed by atoms with Gasteiger partial charge in [-0.2, -0.15) is 0 Å². The molecule has 0 aliphatic carbocycles. The number of aliphatic hydroxyl groups is 2. The Labute approximate surface area is 543 Å². The van der Waals surface area contributed by atoms with Gasteiger partial charge in [-0.15, -0.1) is 0 Å². The van der Waals surface area contributed by atoms with Crippen molar-refractivity contribution in [2.45, 2.75) is 122 Å². The van der Waals surface area contributed by atoms with Crippen molar-refractivity contribution >= 4 is 134 Å². The van der Waals surface area contributed by atoms with Gasteiger partial charge in [-0.3, -0.25) is 33.1 Å². The number of piperidine rings is 2. The number of piperazine rings is 2. The van der Waals surface area contributed by atoms with Gasteiger partial charge in [0.2, 0.25) is 17.7 Å². The Bertz CT molecular complexity index is 3270. The first-order chi connectivity index (χ1) is 41.5. The number of rotatable bonds is 15. The van der Waals surface area contributed by atoms with E-state index in [0.29, 0.717) is 111 Å². The molecule has 4 saturated heterocycles. The van der Waals surface area contributed by atoms with E-state index in [2.05, 4.69) is 104 Å². The topological polar surface area (TPSA) is 270 Å². The monoisotopic (exact) mass is 1350 g/mol. The lowest BCUT2D eigenvalue weighted by molar-refractivity contribution is -0.135.